The van der Waals surface area contributed by atoms with Gasteiger partial charge in [-0.1, -0.05) is 20.4 Å². The van der Waals surface area contributed by atoms with Crippen LogP contribution in [-0.4, -0.2) is 53.5 Å². The summed E-state index contributed by atoms with van der Waals surface area (Å²) in [5.74, 6) is 0.962. The van der Waals surface area contributed by atoms with Gasteiger partial charge in [0.25, 0.3) is 0 Å². The quantitative estimate of drug-likeness (QED) is 0.673. The zero-order chi connectivity index (χ0) is 20.6. The molecule has 0 aromatic carbocycles. The Labute approximate surface area is 172 Å². The number of carbonyl (C=O) groups is 1. The number of aromatic nitrogens is 1. The molecule has 6 heteroatoms. The molecule has 1 aromatic rings. The molecular weight excluding hydrogens is 406 g/mol. The Balaban J connectivity index is 0.000000527. The molecule has 152 valence electrons. The predicted octanol–water partition coefficient (Wildman–Crippen LogP) is 4.57. The molecule has 0 bridgehead atoms. The fourth-order valence-electron chi connectivity index (χ4n) is 2.58. The van der Waals surface area contributed by atoms with Crippen LogP contribution in [0.4, 0.5) is 0 Å². The summed E-state index contributed by atoms with van der Waals surface area (Å²) in [6, 6.07) is 2.04. The second-order valence-corrected chi connectivity index (χ2v) is 8.08. The highest BCUT2D eigenvalue weighted by atomic mass is 79.9. The van der Waals surface area contributed by atoms with E-state index in [1.807, 2.05) is 50.6 Å². The first-order valence-electron chi connectivity index (χ1n) is 9.61. The second kappa shape index (κ2) is 11.3. The molecule has 2 heterocycles. The van der Waals surface area contributed by atoms with Crippen molar-refractivity contribution in [1.29, 1.82) is 0 Å². The lowest BCUT2D eigenvalue weighted by Crippen LogP contribution is -2.43. The summed E-state index contributed by atoms with van der Waals surface area (Å²) in [6.45, 7) is 16.1. The fraction of sp³-hybridized carbons (Fsp3) is 0.619. The molecule has 0 radical (unpaired) electrons. The standard InChI is InChI=1S/C16H23BrN2O2.C5H11N/c1-10(2)16(20)19-7-5-13(6-8-19)21-15-14(17)9-11(3)12(4)18-15;1-4-6(3)5-2/h9-10,13H,5-8H2,1-4H3;4H,1,5H2,2-3H3. The van der Waals surface area contributed by atoms with Crippen molar-refractivity contribution in [3.05, 3.63) is 34.6 Å². The van der Waals surface area contributed by atoms with Crippen LogP contribution in [0.15, 0.2) is 23.3 Å². The van der Waals surface area contributed by atoms with E-state index in [9.17, 15) is 4.79 Å². The Morgan fingerprint density at radius 1 is 1.44 bits per heavy atom. The summed E-state index contributed by atoms with van der Waals surface area (Å²) >= 11 is 3.51. The lowest BCUT2D eigenvalue weighted by Gasteiger charge is -2.33. The zero-order valence-electron chi connectivity index (χ0n) is 17.6. The molecule has 2 rings (SSSR count). The summed E-state index contributed by atoms with van der Waals surface area (Å²) in [5.41, 5.74) is 2.13. The van der Waals surface area contributed by atoms with Gasteiger partial charge in [-0.05, 0) is 54.5 Å². The first-order valence-corrected chi connectivity index (χ1v) is 10.4. The maximum Gasteiger partial charge on any atom is 0.228 e. The van der Waals surface area contributed by atoms with Crippen LogP contribution in [0.2, 0.25) is 0 Å². The molecule has 0 N–H and O–H groups in total. The molecule has 0 saturated carbocycles. The monoisotopic (exact) mass is 439 g/mol. The van der Waals surface area contributed by atoms with Crippen molar-refractivity contribution in [2.45, 2.75) is 53.6 Å². The molecule has 0 spiro atoms. The van der Waals surface area contributed by atoms with Crippen molar-refractivity contribution in [2.75, 3.05) is 26.7 Å². The van der Waals surface area contributed by atoms with E-state index >= 15 is 0 Å². The Morgan fingerprint density at radius 3 is 2.48 bits per heavy atom. The third kappa shape index (κ3) is 7.53. The van der Waals surface area contributed by atoms with Gasteiger partial charge in [-0.3, -0.25) is 4.79 Å². The summed E-state index contributed by atoms with van der Waals surface area (Å²) in [4.78, 5) is 20.4. The molecule has 27 heavy (non-hydrogen) atoms. The average molecular weight is 440 g/mol. The smallest absolute Gasteiger partial charge is 0.228 e. The maximum atomic E-state index is 12.0. The SMILES string of the molecule is C=CN(C)CC.Cc1cc(Br)c(OC2CCN(C(=O)C(C)C)CC2)nc1C. The Hall–Kier alpha value is -1.56. The van der Waals surface area contributed by atoms with E-state index in [0.717, 1.165) is 48.2 Å². The molecular formula is C21H34BrN3O2. The summed E-state index contributed by atoms with van der Waals surface area (Å²) in [7, 11) is 1.99. The number of aryl methyl sites for hydroxylation is 2. The van der Waals surface area contributed by atoms with Gasteiger partial charge in [0.15, 0.2) is 0 Å². The van der Waals surface area contributed by atoms with Crippen molar-refractivity contribution < 1.29 is 9.53 Å². The number of carbonyl (C=O) groups excluding carboxylic acids is 1. The lowest BCUT2D eigenvalue weighted by molar-refractivity contribution is -0.136. The highest BCUT2D eigenvalue weighted by Gasteiger charge is 2.26. The number of rotatable bonds is 5. The Morgan fingerprint density at radius 2 is 2.04 bits per heavy atom. The lowest BCUT2D eigenvalue weighted by atomic mass is 10.1. The number of likely N-dealkylation sites (tertiary alicyclic amines) is 1. The molecule has 1 amide bonds. The van der Waals surface area contributed by atoms with E-state index in [1.165, 1.54) is 0 Å². The first kappa shape index (κ1) is 23.5. The van der Waals surface area contributed by atoms with E-state index in [4.69, 9.17) is 4.74 Å². The van der Waals surface area contributed by atoms with Gasteiger partial charge in [0.1, 0.15) is 6.10 Å². The van der Waals surface area contributed by atoms with Crippen LogP contribution in [0, 0.1) is 19.8 Å². The van der Waals surface area contributed by atoms with E-state index in [0.29, 0.717) is 5.88 Å². The number of ether oxygens (including phenoxy) is 1. The number of hydrogen-bond donors (Lipinski definition) is 0. The number of piperidine rings is 1. The number of pyridine rings is 1. The predicted molar refractivity (Wildman–Crippen MR) is 115 cm³/mol. The van der Waals surface area contributed by atoms with E-state index < -0.39 is 0 Å². The van der Waals surface area contributed by atoms with Crippen LogP contribution in [0.5, 0.6) is 5.88 Å². The van der Waals surface area contributed by atoms with Crippen LogP contribution in [0.25, 0.3) is 0 Å². The van der Waals surface area contributed by atoms with Crippen molar-refractivity contribution in [3.63, 3.8) is 0 Å². The molecule has 1 aliphatic rings. The minimum atomic E-state index is 0.0676. The second-order valence-electron chi connectivity index (χ2n) is 7.23. The van der Waals surface area contributed by atoms with Crippen LogP contribution in [-0.2, 0) is 4.79 Å². The highest BCUT2D eigenvalue weighted by molar-refractivity contribution is 9.10. The van der Waals surface area contributed by atoms with E-state index in [1.54, 1.807) is 6.20 Å². The minimum absolute atomic E-state index is 0.0676. The summed E-state index contributed by atoms with van der Waals surface area (Å²) in [6.07, 6.45) is 3.66. The van der Waals surface area contributed by atoms with Crippen LogP contribution >= 0.6 is 15.9 Å². The Kier molecular flexibility index (Phi) is 9.84. The molecule has 1 aliphatic heterocycles. The van der Waals surface area contributed by atoms with Crippen molar-refractivity contribution in [1.82, 2.24) is 14.8 Å². The van der Waals surface area contributed by atoms with Gasteiger partial charge in [0, 0.05) is 51.1 Å². The molecule has 5 nitrogen and oxygen atoms in total. The van der Waals surface area contributed by atoms with Gasteiger partial charge in [0.05, 0.1) is 4.47 Å². The fourth-order valence-corrected chi connectivity index (χ4v) is 3.10. The largest absolute Gasteiger partial charge is 0.473 e. The number of amides is 1. The van der Waals surface area contributed by atoms with E-state index in [-0.39, 0.29) is 17.9 Å². The maximum absolute atomic E-state index is 12.0. The summed E-state index contributed by atoms with van der Waals surface area (Å²) in [5, 5.41) is 0. The number of nitrogens with zero attached hydrogens (tertiary/aromatic N) is 3. The number of halogens is 1. The highest BCUT2D eigenvalue weighted by Crippen LogP contribution is 2.27. The average Bonchev–Trinajstić information content (AvgIpc) is 2.65. The van der Waals surface area contributed by atoms with Gasteiger partial charge in [-0.2, -0.15) is 0 Å². The third-order valence-corrected chi connectivity index (χ3v) is 5.29. The van der Waals surface area contributed by atoms with Gasteiger partial charge >= 0.3 is 0 Å². The van der Waals surface area contributed by atoms with E-state index in [2.05, 4.69) is 34.4 Å². The van der Waals surface area contributed by atoms with Crippen LogP contribution < -0.4 is 4.74 Å². The van der Waals surface area contributed by atoms with Crippen molar-refractivity contribution in [2.24, 2.45) is 5.92 Å². The summed E-state index contributed by atoms with van der Waals surface area (Å²) < 4.78 is 6.91. The molecule has 1 saturated heterocycles. The van der Waals surface area contributed by atoms with Gasteiger partial charge < -0.3 is 14.5 Å². The number of hydrogen-bond acceptors (Lipinski definition) is 4. The molecule has 1 fully saturated rings. The topological polar surface area (TPSA) is 45.7 Å². The molecule has 0 atom stereocenters. The first-order chi connectivity index (χ1) is 12.7. The molecule has 1 aromatic heterocycles. The third-order valence-electron chi connectivity index (χ3n) is 4.72. The Bertz CT molecular complexity index is 626. The van der Waals surface area contributed by atoms with Gasteiger partial charge in [-0.25, -0.2) is 4.98 Å². The minimum Gasteiger partial charge on any atom is -0.473 e. The van der Waals surface area contributed by atoms with Gasteiger partial charge in [-0.15, -0.1) is 0 Å². The molecule has 0 unspecified atom stereocenters. The van der Waals surface area contributed by atoms with Crippen LogP contribution in [0.3, 0.4) is 0 Å². The van der Waals surface area contributed by atoms with Crippen LogP contribution in [0.1, 0.15) is 44.9 Å². The van der Waals surface area contributed by atoms with Gasteiger partial charge in [0.2, 0.25) is 11.8 Å². The normalized spacial score (nSPS) is 14.4. The van der Waals surface area contributed by atoms with Crippen molar-refractivity contribution >= 4 is 21.8 Å². The molecule has 0 aliphatic carbocycles. The zero-order valence-corrected chi connectivity index (χ0v) is 19.2. The van der Waals surface area contributed by atoms with Crippen molar-refractivity contribution in [3.8, 4) is 5.88 Å².